The van der Waals surface area contributed by atoms with Gasteiger partial charge in [0.1, 0.15) is 0 Å². The van der Waals surface area contributed by atoms with Crippen molar-refractivity contribution >= 4 is 11.6 Å². The fourth-order valence-corrected chi connectivity index (χ4v) is 3.33. The van der Waals surface area contributed by atoms with Crippen LogP contribution in [0.25, 0.3) is 0 Å². The molecule has 0 nitrogen and oxygen atoms in total. The zero-order valence-electron chi connectivity index (χ0n) is 9.23. The van der Waals surface area contributed by atoms with Crippen LogP contribution in [0.1, 0.15) is 34.1 Å². The van der Waals surface area contributed by atoms with Crippen LogP contribution >= 0.6 is 11.6 Å². The predicted octanol–water partition coefficient (Wildman–Crippen LogP) is 4.49. The summed E-state index contributed by atoms with van der Waals surface area (Å²) in [5, 5.41) is 0.835. The lowest BCUT2D eigenvalue weighted by molar-refractivity contribution is 0.811. The third-order valence-electron chi connectivity index (χ3n) is 3.88. The third-order valence-corrected chi connectivity index (χ3v) is 4.12. The molecule has 0 spiro atoms. The van der Waals surface area contributed by atoms with Crippen LogP contribution in [0.3, 0.4) is 0 Å². The molecule has 0 aliphatic heterocycles. The molecule has 0 fully saturated rings. The van der Waals surface area contributed by atoms with Crippen molar-refractivity contribution in [3.8, 4) is 0 Å². The standard InChI is InChI=1S/C16H11Cl/c17-10-5-6-14-13-7-8-15(16(14)9-10)12-4-2-1-3-11(12)13/h1-9,13,15H. The van der Waals surface area contributed by atoms with Crippen LogP contribution in [0.15, 0.2) is 54.6 Å². The molecule has 3 aliphatic rings. The summed E-state index contributed by atoms with van der Waals surface area (Å²) in [5.74, 6) is 0.813. The Morgan fingerprint density at radius 2 is 1.29 bits per heavy atom. The fraction of sp³-hybridized carbons (Fsp3) is 0.125. The van der Waals surface area contributed by atoms with Gasteiger partial charge in [0.05, 0.1) is 0 Å². The number of halogens is 1. The summed E-state index contributed by atoms with van der Waals surface area (Å²) in [6.45, 7) is 0. The van der Waals surface area contributed by atoms with Gasteiger partial charge >= 0.3 is 0 Å². The second-order valence-corrected chi connectivity index (χ2v) is 5.18. The van der Waals surface area contributed by atoms with Crippen molar-refractivity contribution in [3.63, 3.8) is 0 Å². The molecule has 2 unspecified atom stereocenters. The van der Waals surface area contributed by atoms with Crippen LogP contribution in [-0.2, 0) is 0 Å². The summed E-state index contributed by atoms with van der Waals surface area (Å²) in [5.41, 5.74) is 5.69. The summed E-state index contributed by atoms with van der Waals surface area (Å²) in [6, 6.07) is 15.0. The Bertz CT molecular complexity index is 640. The first-order chi connectivity index (χ1) is 8.34. The van der Waals surface area contributed by atoms with E-state index in [0.29, 0.717) is 11.8 Å². The van der Waals surface area contributed by atoms with Crippen molar-refractivity contribution < 1.29 is 0 Å². The molecule has 0 radical (unpaired) electrons. The summed E-state index contributed by atoms with van der Waals surface area (Å²) >= 11 is 6.12. The van der Waals surface area contributed by atoms with Crippen LogP contribution < -0.4 is 0 Å². The molecule has 1 heteroatoms. The maximum absolute atomic E-state index is 6.12. The van der Waals surface area contributed by atoms with Gasteiger partial charge in [-0.2, -0.15) is 0 Å². The normalized spacial score (nSPS) is 23.4. The predicted molar refractivity (Wildman–Crippen MR) is 70.7 cm³/mol. The average molecular weight is 239 g/mol. The highest BCUT2D eigenvalue weighted by Crippen LogP contribution is 2.49. The lowest BCUT2D eigenvalue weighted by Gasteiger charge is -2.36. The lowest BCUT2D eigenvalue weighted by atomic mass is 9.68. The Hall–Kier alpha value is -1.53. The fourth-order valence-electron chi connectivity index (χ4n) is 3.15. The highest BCUT2D eigenvalue weighted by atomic mass is 35.5. The Labute approximate surface area is 106 Å². The second kappa shape index (κ2) is 3.24. The molecule has 0 amide bonds. The molecule has 17 heavy (non-hydrogen) atoms. The zero-order chi connectivity index (χ0) is 11.4. The molecule has 2 aromatic rings. The van der Waals surface area contributed by atoms with Crippen molar-refractivity contribution in [3.05, 3.63) is 81.9 Å². The van der Waals surface area contributed by atoms with Gasteiger partial charge in [0.25, 0.3) is 0 Å². The monoisotopic (exact) mass is 238 g/mol. The second-order valence-electron chi connectivity index (χ2n) is 4.74. The minimum atomic E-state index is 0.393. The third kappa shape index (κ3) is 1.19. The van der Waals surface area contributed by atoms with Crippen LogP contribution in [0.2, 0.25) is 5.02 Å². The first-order valence-electron chi connectivity index (χ1n) is 5.91. The zero-order valence-corrected chi connectivity index (χ0v) is 9.98. The van der Waals surface area contributed by atoms with E-state index in [-0.39, 0.29) is 0 Å². The van der Waals surface area contributed by atoms with Gasteiger partial charge in [0.15, 0.2) is 0 Å². The Kier molecular flexibility index (Phi) is 1.81. The maximum atomic E-state index is 6.12. The van der Waals surface area contributed by atoms with Crippen LogP contribution in [0.4, 0.5) is 0 Å². The van der Waals surface area contributed by atoms with Gasteiger partial charge in [-0.05, 0) is 34.4 Å². The van der Waals surface area contributed by atoms with Gasteiger partial charge < -0.3 is 0 Å². The molecule has 0 N–H and O–H groups in total. The Balaban J connectivity index is 2.04. The summed E-state index contributed by atoms with van der Waals surface area (Å²) < 4.78 is 0. The van der Waals surface area contributed by atoms with Gasteiger partial charge in [-0.15, -0.1) is 0 Å². The van der Waals surface area contributed by atoms with Crippen LogP contribution in [0, 0.1) is 0 Å². The van der Waals surface area contributed by atoms with E-state index < -0.39 is 0 Å². The van der Waals surface area contributed by atoms with E-state index >= 15 is 0 Å². The van der Waals surface area contributed by atoms with Crippen molar-refractivity contribution in [1.29, 1.82) is 0 Å². The largest absolute Gasteiger partial charge is 0.0843 e. The van der Waals surface area contributed by atoms with Crippen molar-refractivity contribution in [2.75, 3.05) is 0 Å². The minimum Gasteiger partial charge on any atom is -0.0843 e. The molecule has 3 aliphatic carbocycles. The van der Waals surface area contributed by atoms with Gasteiger partial charge in [-0.3, -0.25) is 0 Å². The SMILES string of the molecule is Clc1ccc2c(c1)C1C=CC2c2ccccc21. The smallest absolute Gasteiger partial charge is 0.0409 e. The number of allylic oxidation sites excluding steroid dienone is 2. The van der Waals surface area contributed by atoms with E-state index in [1.165, 1.54) is 22.3 Å². The summed E-state index contributed by atoms with van der Waals surface area (Å²) in [6.07, 6.45) is 4.63. The number of hydrogen-bond donors (Lipinski definition) is 0. The molecular formula is C16H11Cl. The van der Waals surface area contributed by atoms with E-state index in [2.05, 4.69) is 48.6 Å². The topological polar surface area (TPSA) is 0 Å². The molecule has 0 aromatic heterocycles. The van der Waals surface area contributed by atoms with Gasteiger partial charge in [0, 0.05) is 16.9 Å². The highest BCUT2D eigenvalue weighted by molar-refractivity contribution is 6.30. The van der Waals surface area contributed by atoms with Crippen LogP contribution in [0.5, 0.6) is 0 Å². The molecule has 0 heterocycles. The molecule has 5 rings (SSSR count). The highest BCUT2D eigenvalue weighted by Gasteiger charge is 2.33. The average Bonchev–Trinajstić information content (AvgIpc) is 2.39. The summed E-state index contributed by atoms with van der Waals surface area (Å²) in [7, 11) is 0. The molecule has 82 valence electrons. The van der Waals surface area contributed by atoms with Crippen LogP contribution in [-0.4, -0.2) is 0 Å². The molecule has 2 atom stereocenters. The Morgan fingerprint density at radius 3 is 2.00 bits per heavy atom. The Morgan fingerprint density at radius 1 is 0.706 bits per heavy atom. The lowest BCUT2D eigenvalue weighted by Crippen LogP contribution is -2.20. The number of hydrogen-bond acceptors (Lipinski definition) is 0. The molecule has 0 saturated heterocycles. The van der Waals surface area contributed by atoms with E-state index in [4.69, 9.17) is 11.6 Å². The van der Waals surface area contributed by atoms with Gasteiger partial charge in [0.2, 0.25) is 0 Å². The minimum absolute atomic E-state index is 0.393. The van der Waals surface area contributed by atoms with Crippen molar-refractivity contribution in [2.45, 2.75) is 11.8 Å². The van der Waals surface area contributed by atoms with Gasteiger partial charge in [-0.1, -0.05) is 54.1 Å². The van der Waals surface area contributed by atoms with Gasteiger partial charge in [-0.25, -0.2) is 0 Å². The summed E-state index contributed by atoms with van der Waals surface area (Å²) in [4.78, 5) is 0. The number of rotatable bonds is 0. The molecule has 2 aromatic carbocycles. The molecule has 2 bridgehead atoms. The number of benzene rings is 2. The van der Waals surface area contributed by atoms with E-state index in [1.54, 1.807) is 0 Å². The first-order valence-corrected chi connectivity index (χ1v) is 6.29. The van der Waals surface area contributed by atoms with Crippen molar-refractivity contribution in [1.82, 2.24) is 0 Å². The van der Waals surface area contributed by atoms with E-state index in [1.807, 2.05) is 6.07 Å². The van der Waals surface area contributed by atoms with Crippen molar-refractivity contribution in [2.24, 2.45) is 0 Å². The quantitative estimate of drug-likeness (QED) is 0.594. The molecule has 0 saturated carbocycles. The first kappa shape index (κ1) is 9.49. The molecular weight excluding hydrogens is 228 g/mol. The van der Waals surface area contributed by atoms with E-state index in [9.17, 15) is 0 Å². The maximum Gasteiger partial charge on any atom is 0.0409 e. The van der Waals surface area contributed by atoms with E-state index in [0.717, 1.165) is 5.02 Å².